The Morgan fingerprint density at radius 3 is 2.89 bits per heavy atom. The van der Waals surface area contributed by atoms with Gasteiger partial charge in [0, 0.05) is 31.2 Å². The second kappa shape index (κ2) is 5.99. The van der Waals surface area contributed by atoms with Gasteiger partial charge in [-0.1, -0.05) is 0 Å². The Morgan fingerprint density at radius 2 is 2.28 bits per heavy atom. The maximum absolute atomic E-state index is 12.3. The number of thiazole rings is 1. The van der Waals surface area contributed by atoms with E-state index in [4.69, 9.17) is 0 Å². The number of likely N-dealkylation sites (tertiary alicyclic amines) is 1. The van der Waals surface area contributed by atoms with Crippen molar-refractivity contribution in [2.75, 3.05) is 19.6 Å². The Hall–Kier alpha value is -0.650. The second-order valence-electron chi connectivity index (χ2n) is 4.77. The van der Waals surface area contributed by atoms with Gasteiger partial charge in [0.05, 0.1) is 12.0 Å². The van der Waals surface area contributed by atoms with Crippen LogP contribution in [0, 0.1) is 5.92 Å². The lowest BCUT2D eigenvalue weighted by molar-refractivity contribution is -0.141. The van der Waals surface area contributed by atoms with Crippen molar-refractivity contribution in [3.05, 3.63) is 16.6 Å². The first-order chi connectivity index (χ1) is 8.36. The van der Waals surface area contributed by atoms with Crippen LogP contribution in [0.15, 0.2) is 11.6 Å². The summed E-state index contributed by atoms with van der Waals surface area (Å²) in [6.07, 6.45) is 5.24. The molecule has 1 aromatic rings. The highest BCUT2D eigenvalue weighted by Gasteiger charge is 2.35. The molecule has 6 heteroatoms. The highest BCUT2D eigenvalue weighted by atomic mass is 35.5. The molecule has 2 saturated heterocycles. The van der Waals surface area contributed by atoms with Crippen LogP contribution in [0.5, 0.6) is 0 Å². The fraction of sp³-hybridized carbons (Fsp3) is 0.667. The zero-order valence-corrected chi connectivity index (χ0v) is 11.8. The van der Waals surface area contributed by atoms with E-state index < -0.39 is 0 Å². The topological polar surface area (TPSA) is 45.2 Å². The number of carbonyl (C=O) groups excluding carboxylic acids is 1. The largest absolute Gasteiger partial charge is 0.333 e. The predicted molar refractivity (Wildman–Crippen MR) is 74.0 cm³/mol. The molecule has 2 fully saturated rings. The maximum Gasteiger partial charge on any atom is 0.228 e. The van der Waals surface area contributed by atoms with Gasteiger partial charge >= 0.3 is 0 Å². The summed E-state index contributed by atoms with van der Waals surface area (Å²) in [5.74, 6) is 0.527. The summed E-state index contributed by atoms with van der Waals surface area (Å²) >= 11 is 1.67. The van der Waals surface area contributed by atoms with E-state index in [9.17, 15) is 4.79 Å². The first-order valence-corrected chi connectivity index (χ1v) is 7.15. The molecule has 0 aliphatic carbocycles. The molecule has 1 atom stereocenters. The normalized spacial score (nSPS) is 24.2. The molecular weight excluding hydrogens is 270 g/mol. The van der Waals surface area contributed by atoms with Gasteiger partial charge in [-0.15, -0.1) is 23.7 Å². The third-order valence-electron chi connectivity index (χ3n) is 3.65. The molecular formula is C12H18ClN3OS. The number of halogens is 1. The van der Waals surface area contributed by atoms with E-state index in [0.29, 0.717) is 5.91 Å². The van der Waals surface area contributed by atoms with E-state index in [0.717, 1.165) is 37.5 Å². The lowest BCUT2D eigenvalue weighted by Gasteiger charge is -2.39. The van der Waals surface area contributed by atoms with Gasteiger partial charge in [-0.3, -0.25) is 4.79 Å². The summed E-state index contributed by atoms with van der Waals surface area (Å²) in [5.41, 5.74) is 0. The average Bonchev–Trinajstić information content (AvgIpc) is 2.80. The van der Waals surface area contributed by atoms with E-state index in [1.54, 1.807) is 11.3 Å². The number of amides is 1. The van der Waals surface area contributed by atoms with Crippen LogP contribution in [0.1, 0.15) is 30.3 Å². The summed E-state index contributed by atoms with van der Waals surface area (Å²) < 4.78 is 0. The summed E-state index contributed by atoms with van der Waals surface area (Å²) in [6, 6.07) is 0.233. The standard InChI is InChI=1S/C12H17N3OS.ClH/c16-12(9-7-13-8-9)15-5-2-1-3-10(15)11-14-4-6-17-11;/h4,6,9-10,13H,1-3,5,7-8H2;1H. The summed E-state index contributed by atoms with van der Waals surface area (Å²) in [4.78, 5) is 18.8. The summed E-state index contributed by atoms with van der Waals surface area (Å²) in [5, 5.41) is 6.27. The molecule has 100 valence electrons. The van der Waals surface area contributed by atoms with Crippen molar-refractivity contribution in [1.29, 1.82) is 0 Å². The number of carbonyl (C=O) groups is 1. The third kappa shape index (κ3) is 2.53. The van der Waals surface area contributed by atoms with Crippen LogP contribution in [0.2, 0.25) is 0 Å². The van der Waals surface area contributed by atoms with Crippen molar-refractivity contribution in [3.8, 4) is 0 Å². The molecule has 3 heterocycles. The number of piperidine rings is 1. The summed E-state index contributed by atoms with van der Waals surface area (Å²) in [6.45, 7) is 2.60. The average molecular weight is 288 g/mol. The number of hydrogen-bond donors (Lipinski definition) is 1. The number of nitrogens with zero attached hydrogens (tertiary/aromatic N) is 2. The predicted octanol–water partition coefficient (Wildman–Crippen LogP) is 1.84. The SMILES string of the molecule is Cl.O=C(C1CNC1)N1CCCCC1c1nccs1. The number of nitrogens with one attached hydrogen (secondary N) is 1. The van der Waals surface area contributed by atoms with Crippen molar-refractivity contribution in [3.63, 3.8) is 0 Å². The van der Waals surface area contributed by atoms with Gasteiger partial charge in [0.2, 0.25) is 5.91 Å². The van der Waals surface area contributed by atoms with Crippen molar-refractivity contribution in [1.82, 2.24) is 15.2 Å². The molecule has 18 heavy (non-hydrogen) atoms. The quantitative estimate of drug-likeness (QED) is 0.903. The molecule has 0 bridgehead atoms. The van der Waals surface area contributed by atoms with Gasteiger partial charge in [0.1, 0.15) is 5.01 Å². The highest BCUT2D eigenvalue weighted by molar-refractivity contribution is 7.09. The van der Waals surface area contributed by atoms with E-state index in [1.165, 1.54) is 6.42 Å². The van der Waals surface area contributed by atoms with Gasteiger partial charge in [-0.25, -0.2) is 4.98 Å². The first-order valence-electron chi connectivity index (χ1n) is 6.27. The molecule has 2 aliphatic rings. The van der Waals surface area contributed by atoms with Crippen molar-refractivity contribution < 1.29 is 4.79 Å². The van der Waals surface area contributed by atoms with Gasteiger partial charge in [-0.2, -0.15) is 0 Å². The van der Waals surface area contributed by atoms with Crippen molar-refractivity contribution in [2.45, 2.75) is 25.3 Å². The van der Waals surface area contributed by atoms with E-state index >= 15 is 0 Å². The van der Waals surface area contributed by atoms with Crippen LogP contribution >= 0.6 is 23.7 Å². The molecule has 4 nitrogen and oxygen atoms in total. The highest BCUT2D eigenvalue weighted by Crippen LogP contribution is 2.33. The zero-order chi connectivity index (χ0) is 11.7. The van der Waals surface area contributed by atoms with E-state index in [1.807, 2.05) is 11.6 Å². The lowest BCUT2D eigenvalue weighted by Crippen LogP contribution is -2.53. The molecule has 1 aromatic heterocycles. The molecule has 0 radical (unpaired) electrons. The minimum Gasteiger partial charge on any atom is -0.333 e. The van der Waals surface area contributed by atoms with Crippen LogP contribution < -0.4 is 5.32 Å². The minimum absolute atomic E-state index is 0. The minimum atomic E-state index is 0. The molecule has 0 spiro atoms. The fourth-order valence-corrected chi connectivity index (χ4v) is 3.33. The summed E-state index contributed by atoms with van der Waals surface area (Å²) in [7, 11) is 0. The van der Waals surface area contributed by atoms with Crippen LogP contribution in [0.4, 0.5) is 0 Å². The van der Waals surface area contributed by atoms with Gasteiger partial charge in [0.25, 0.3) is 0 Å². The van der Waals surface area contributed by atoms with Crippen LogP contribution in [0.25, 0.3) is 0 Å². The molecule has 0 aromatic carbocycles. The van der Waals surface area contributed by atoms with Crippen LogP contribution in [0.3, 0.4) is 0 Å². The van der Waals surface area contributed by atoms with E-state index in [2.05, 4.69) is 15.2 Å². The Morgan fingerprint density at radius 1 is 1.44 bits per heavy atom. The first kappa shape index (κ1) is 13.8. The second-order valence-corrected chi connectivity index (χ2v) is 5.69. The third-order valence-corrected chi connectivity index (χ3v) is 4.53. The number of hydrogen-bond acceptors (Lipinski definition) is 4. The molecule has 1 N–H and O–H groups in total. The number of aromatic nitrogens is 1. The molecule has 2 aliphatic heterocycles. The lowest BCUT2D eigenvalue weighted by atomic mass is 9.96. The maximum atomic E-state index is 12.3. The van der Waals surface area contributed by atoms with Gasteiger partial charge in [0.15, 0.2) is 0 Å². The van der Waals surface area contributed by atoms with Crippen molar-refractivity contribution in [2.24, 2.45) is 5.92 Å². The molecule has 3 rings (SSSR count). The van der Waals surface area contributed by atoms with Gasteiger partial charge < -0.3 is 10.2 Å². The van der Waals surface area contributed by atoms with Crippen LogP contribution in [-0.4, -0.2) is 35.4 Å². The van der Waals surface area contributed by atoms with Crippen LogP contribution in [-0.2, 0) is 4.79 Å². The number of rotatable bonds is 2. The Balaban J connectivity index is 0.00000120. The Kier molecular flexibility index (Phi) is 4.59. The molecule has 0 saturated carbocycles. The fourth-order valence-electron chi connectivity index (χ4n) is 2.55. The molecule has 1 amide bonds. The Labute approximate surface area is 117 Å². The van der Waals surface area contributed by atoms with Crippen molar-refractivity contribution >= 4 is 29.7 Å². The Bertz CT molecular complexity index is 394. The van der Waals surface area contributed by atoms with E-state index in [-0.39, 0.29) is 24.4 Å². The smallest absolute Gasteiger partial charge is 0.228 e. The monoisotopic (exact) mass is 287 g/mol. The zero-order valence-electron chi connectivity index (χ0n) is 10.2. The van der Waals surface area contributed by atoms with Gasteiger partial charge in [-0.05, 0) is 19.3 Å². The molecule has 1 unspecified atom stereocenters.